The van der Waals surface area contributed by atoms with Gasteiger partial charge < -0.3 is 15.2 Å². The normalized spacial score (nSPS) is 14.9. The maximum atomic E-state index is 13.9. The van der Waals surface area contributed by atoms with Crippen LogP contribution in [0.15, 0.2) is 34.8 Å². The summed E-state index contributed by atoms with van der Waals surface area (Å²) in [4.78, 5) is 0. The summed E-state index contributed by atoms with van der Waals surface area (Å²) in [7, 11) is 0. The van der Waals surface area contributed by atoms with Crippen LogP contribution in [0, 0.1) is 11.6 Å². The van der Waals surface area contributed by atoms with Gasteiger partial charge in [-0.3, -0.25) is 0 Å². The van der Waals surface area contributed by atoms with E-state index < -0.39 is 17.7 Å². The molecule has 3 nitrogen and oxygen atoms in total. The summed E-state index contributed by atoms with van der Waals surface area (Å²) in [6, 6.07) is 6.07. The third kappa shape index (κ3) is 2.61. The lowest BCUT2D eigenvalue weighted by Gasteiger charge is -2.22. The maximum Gasteiger partial charge on any atom is 0.162 e. The van der Waals surface area contributed by atoms with Crippen LogP contribution in [0.4, 0.5) is 8.78 Å². The molecule has 1 atom stereocenters. The van der Waals surface area contributed by atoms with Gasteiger partial charge in [0.25, 0.3) is 0 Å². The fraction of sp³-hybridized carbons (Fsp3) is 0.200. The highest BCUT2D eigenvalue weighted by Crippen LogP contribution is 2.39. The largest absolute Gasteiger partial charge is 0.486 e. The standard InChI is InChI=1S/C15H12BrF2NO2/c16-9-7-13-12(20-4-5-21-13)6-8(9)15(19)14-10(17)2-1-3-11(14)18/h1-3,6-7,15H,4-5,19H2. The van der Waals surface area contributed by atoms with Gasteiger partial charge in [0.05, 0.1) is 6.04 Å². The van der Waals surface area contributed by atoms with E-state index in [0.717, 1.165) is 0 Å². The Morgan fingerprint density at radius 3 is 2.24 bits per heavy atom. The molecule has 0 aromatic heterocycles. The minimum absolute atomic E-state index is 0.171. The highest BCUT2D eigenvalue weighted by molar-refractivity contribution is 9.10. The van der Waals surface area contributed by atoms with E-state index in [9.17, 15) is 8.78 Å². The predicted molar refractivity (Wildman–Crippen MR) is 77.5 cm³/mol. The number of benzene rings is 2. The van der Waals surface area contributed by atoms with E-state index in [1.165, 1.54) is 18.2 Å². The number of hydrogen-bond acceptors (Lipinski definition) is 3. The molecule has 2 aromatic rings. The summed E-state index contributed by atoms with van der Waals surface area (Å²) < 4.78 is 39.3. The van der Waals surface area contributed by atoms with E-state index in [1.807, 2.05) is 0 Å². The van der Waals surface area contributed by atoms with Crippen molar-refractivity contribution in [2.45, 2.75) is 6.04 Å². The molecule has 0 saturated heterocycles. The molecule has 110 valence electrons. The van der Waals surface area contributed by atoms with Gasteiger partial charge >= 0.3 is 0 Å². The van der Waals surface area contributed by atoms with Gasteiger partial charge in [-0.2, -0.15) is 0 Å². The molecule has 0 fully saturated rings. The summed E-state index contributed by atoms with van der Waals surface area (Å²) in [6.45, 7) is 0.893. The number of ether oxygens (including phenoxy) is 2. The second kappa shape index (κ2) is 5.61. The van der Waals surface area contributed by atoms with Crippen molar-refractivity contribution in [1.29, 1.82) is 0 Å². The Kier molecular flexibility index (Phi) is 3.82. The van der Waals surface area contributed by atoms with Gasteiger partial charge in [0.1, 0.15) is 24.8 Å². The number of fused-ring (bicyclic) bond motifs is 1. The van der Waals surface area contributed by atoms with Crippen molar-refractivity contribution in [3.8, 4) is 11.5 Å². The Labute approximate surface area is 128 Å². The molecular weight excluding hydrogens is 344 g/mol. The first kappa shape index (κ1) is 14.3. The summed E-state index contributed by atoms with van der Waals surface area (Å²) in [5.41, 5.74) is 6.40. The summed E-state index contributed by atoms with van der Waals surface area (Å²) in [5, 5.41) is 0. The van der Waals surface area contributed by atoms with Crippen LogP contribution in [0.1, 0.15) is 17.2 Å². The zero-order valence-corrected chi connectivity index (χ0v) is 12.5. The second-order valence-electron chi connectivity index (χ2n) is 4.63. The minimum Gasteiger partial charge on any atom is -0.486 e. The van der Waals surface area contributed by atoms with Crippen LogP contribution >= 0.6 is 15.9 Å². The van der Waals surface area contributed by atoms with Crippen molar-refractivity contribution < 1.29 is 18.3 Å². The number of hydrogen-bond donors (Lipinski definition) is 1. The lowest BCUT2D eigenvalue weighted by Crippen LogP contribution is -2.19. The topological polar surface area (TPSA) is 44.5 Å². The Balaban J connectivity index is 2.07. The smallest absolute Gasteiger partial charge is 0.162 e. The quantitative estimate of drug-likeness (QED) is 0.895. The monoisotopic (exact) mass is 355 g/mol. The molecule has 1 unspecified atom stereocenters. The number of halogens is 3. The highest BCUT2D eigenvalue weighted by Gasteiger charge is 2.23. The van der Waals surface area contributed by atoms with Gasteiger partial charge in [-0.05, 0) is 29.8 Å². The van der Waals surface area contributed by atoms with E-state index in [4.69, 9.17) is 15.2 Å². The Bertz CT molecular complexity index is 673. The molecule has 3 rings (SSSR count). The van der Waals surface area contributed by atoms with Crippen molar-refractivity contribution in [3.05, 3.63) is 57.6 Å². The third-order valence-corrected chi connectivity index (χ3v) is 3.99. The molecule has 0 aliphatic carbocycles. The molecule has 1 aliphatic heterocycles. The SMILES string of the molecule is NC(c1cc2c(cc1Br)OCCO2)c1c(F)cccc1F. The molecule has 6 heteroatoms. The molecule has 0 bridgehead atoms. The Morgan fingerprint density at radius 1 is 1.05 bits per heavy atom. The van der Waals surface area contributed by atoms with E-state index in [0.29, 0.717) is 34.7 Å². The van der Waals surface area contributed by atoms with Crippen LogP contribution in [0.2, 0.25) is 0 Å². The minimum atomic E-state index is -0.948. The Hall–Kier alpha value is -1.66. The summed E-state index contributed by atoms with van der Waals surface area (Å²) >= 11 is 3.36. The van der Waals surface area contributed by atoms with Crippen LogP contribution < -0.4 is 15.2 Å². The molecule has 1 aliphatic rings. The van der Waals surface area contributed by atoms with Crippen LogP contribution in [0.5, 0.6) is 11.5 Å². The van der Waals surface area contributed by atoms with Crippen LogP contribution in [-0.4, -0.2) is 13.2 Å². The predicted octanol–water partition coefficient (Wildman–Crippen LogP) is 3.55. The van der Waals surface area contributed by atoms with Gasteiger partial charge in [-0.15, -0.1) is 0 Å². The highest BCUT2D eigenvalue weighted by atomic mass is 79.9. The fourth-order valence-electron chi connectivity index (χ4n) is 2.28. The molecule has 2 aromatic carbocycles. The van der Waals surface area contributed by atoms with E-state index in [1.54, 1.807) is 12.1 Å². The second-order valence-corrected chi connectivity index (χ2v) is 5.48. The zero-order valence-electron chi connectivity index (χ0n) is 10.9. The maximum absolute atomic E-state index is 13.9. The molecule has 21 heavy (non-hydrogen) atoms. The molecular formula is C15H12BrF2NO2. The summed E-state index contributed by atoms with van der Waals surface area (Å²) in [6.07, 6.45) is 0. The van der Waals surface area contributed by atoms with Crippen molar-refractivity contribution >= 4 is 15.9 Å². The first-order valence-corrected chi connectivity index (χ1v) is 7.15. The van der Waals surface area contributed by atoms with Gasteiger partial charge in [0.2, 0.25) is 0 Å². The molecule has 0 spiro atoms. The van der Waals surface area contributed by atoms with Crippen molar-refractivity contribution in [2.24, 2.45) is 5.73 Å². The van der Waals surface area contributed by atoms with Gasteiger partial charge in [0, 0.05) is 10.0 Å². The van der Waals surface area contributed by atoms with E-state index in [2.05, 4.69) is 15.9 Å². The molecule has 2 N–H and O–H groups in total. The van der Waals surface area contributed by atoms with Gasteiger partial charge in [-0.1, -0.05) is 22.0 Å². The Morgan fingerprint density at radius 2 is 1.62 bits per heavy atom. The van der Waals surface area contributed by atoms with Crippen LogP contribution in [-0.2, 0) is 0 Å². The molecule has 0 amide bonds. The number of rotatable bonds is 2. The average molecular weight is 356 g/mol. The van der Waals surface area contributed by atoms with Crippen molar-refractivity contribution in [3.63, 3.8) is 0 Å². The first-order valence-electron chi connectivity index (χ1n) is 6.36. The van der Waals surface area contributed by atoms with Gasteiger partial charge in [0.15, 0.2) is 11.5 Å². The average Bonchev–Trinajstić information content (AvgIpc) is 2.46. The van der Waals surface area contributed by atoms with E-state index in [-0.39, 0.29) is 5.56 Å². The van der Waals surface area contributed by atoms with Crippen molar-refractivity contribution in [2.75, 3.05) is 13.2 Å². The molecule has 1 heterocycles. The summed E-state index contributed by atoms with van der Waals surface area (Å²) in [5.74, 6) is -0.252. The fourth-order valence-corrected chi connectivity index (χ4v) is 2.85. The zero-order chi connectivity index (χ0) is 15.0. The third-order valence-electron chi connectivity index (χ3n) is 3.31. The molecule has 0 radical (unpaired) electrons. The van der Waals surface area contributed by atoms with Crippen LogP contribution in [0.25, 0.3) is 0 Å². The van der Waals surface area contributed by atoms with Gasteiger partial charge in [-0.25, -0.2) is 8.78 Å². The molecule has 0 saturated carbocycles. The van der Waals surface area contributed by atoms with Crippen LogP contribution in [0.3, 0.4) is 0 Å². The first-order chi connectivity index (χ1) is 10.1. The lowest BCUT2D eigenvalue weighted by atomic mass is 9.98. The van der Waals surface area contributed by atoms with E-state index >= 15 is 0 Å². The number of nitrogens with two attached hydrogens (primary N) is 1. The van der Waals surface area contributed by atoms with Crippen molar-refractivity contribution in [1.82, 2.24) is 0 Å². The lowest BCUT2D eigenvalue weighted by molar-refractivity contribution is 0.171.